The highest BCUT2D eigenvalue weighted by atomic mass is 32.2. The number of nitrogens with zero attached hydrogens (tertiary/aromatic N) is 6. The van der Waals surface area contributed by atoms with Gasteiger partial charge in [-0.05, 0) is 43.3 Å². The van der Waals surface area contributed by atoms with Crippen LogP contribution in [0, 0.1) is 5.92 Å². The van der Waals surface area contributed by atoms with E-state index in [4.69, 9.17) is 4.74 Å². The van der Waals surface area contributed by atoms with Gasteiger partial charge in [-0.15, -0.1) is 0 Å². The molecule has 2 aromatic carbocycles. The van der Waals surface area contributed by atoms with Crippen molar-refractivity contribution in [2.24, 2.45) is 5.92 Å². The zero-order chi connectivity index (χ0) is 27.6. The summed E-state index contributed by atoms with van der Waals surface area (Å²) in [6.07, 6.45) is 4.70. The normalized spacial score (nSPS) is 21.0. The Hall–Kier alpha value is -4.22. The first-order chi connectivity index (χ1) is 19.3. The minimum absolute atomic E-state index is 0.118. The van der Waals surface area contributed by atoms with Crippen LogP contribution in [0.4, 0.5) is 17.3 Å². The van der Waals surface area contributed by atoms with E-state index in [9.17, 15) is 8.42 Å². The maximum absolute atomic E-state index is 13.8. The molecule has 0 saturated carbocycles. The Bertz CT molecular complexity index is 1870. The van der Waals surface area contributed by atoms with Gasteiger partial charge in [-0.3, -0.25) is 9.88 Å². The van der Waals surface area contributed by atoms with E-state index in [-0.39, 0.29) is 16.5 Å². The number of benzene rings is 2. The van der Waals surface area contributed by atoms with E-state index < -0.39 is 10.0 Å². The van der Waals surface area contributed by atoms with Crippen LogP contribution in [0.3, 0.4) is 0 Å². The van der Waals surface area contributed by atoms with Crippen molar-refractivity contribution in [3.05, 3.63) is 73.2 Å². The molecule has 2 saturated heterocycles. The number of ether oxygens (including phenoxy) is 1. The lowest BCUT2D eigenvalue weighted by molar-refractivity contribution is 0.279. The molecule has 3 unspecified atom stereocenters. The molecular formula is C29H29N7O3S. The molecule has 2 aliphatic heterocycles. The van der Waals surface area contributed by atoms with Gasteiger partial charge in [-0.25, -0.2) is 17.4 Å². The first-order valence-corrected chi connectivity index (χ1v) is 14.6. The van der Waals surface area contributed by atoms with Crippen molar-refractivity contribution >= 4 is 49.3 Å². The molecule has 1 N–H and O–H groups in total. The van der Waals surface area contributed by atoms with Crippen LogP contribution in [0.5, 0.6) is 5.75 Å². The number of likely N-dealkylation sites (N-methyl/N-ethyl adjacent to an activating group) is 1. The van der Waals surface area contributed by atoms with E-state index in [1.807, 2.05) is 24.3 Å². The number of hydrogen-bond donors (Lipinski definition) is 1. The van der Waals surface area contributed by atoms with Crippen molar-refractivity contribution < 1.29 is 13.2 Å². The van der Waals surface area contributed by atoms with Gasteiger partial charge in [0.05, 0.1) is 18.3 Å². The van der Waals surface area contributed by atoms with Gasteiger partial charge in [0.15, 0.2) is 5.65 Å². The number of rotatable bonds is 6. The summed E-state index contributed by atoms with van der Waals surface area (Å²) in [5.74, 6) is 1.65. The second-order valence-corrected chi connectivity index (χ2v) is 12.3. The third kappa shape index (κ3) is 3.80. The molecule has 5 heterocycles. The summed E-state index contributed by atoms with van der Waals surface area (Å²) in [7, 11) is -0.0997. The molecule has 0 aliphatic carbocycles. The summed E-state index contributed by atoms with van der Waals surface area (Å²) in [5.41, 5.74) is 2.51. The maximum atomic E-state index is 13.8. The zero-order valence-corrected chi connectivity index (χ0v) is 23.2. The van der Waals surface area contributed by atoms with E-state index in [1.54, 1.807) is 43.8 Å². The highest BCUT2D eigenvalue weighted by Gasteiger charge is 2.48. The van der Waals surface area contributed by atoms with E-state index >= 15 is 0 Å². The first-order valence-electron chi connectivity index (χ1n) is 13.2. The van der Waals surface area contributed by atoms with Crippen molar-refractivity contribution in [1.29, 1.82) is 0 Å². The standard InChI is InChI=1S/C29H29N7O3S/c1-18-23-17-35(24(18)16-34(23)2)22-10-9-21(14-25(22)39-3)32-29-31-15-20-11-13-36(28(20)33-29)40(37,38)26-8-4-6-19-7-5-12-30-27(19)26/h4-15,18,23-24H,16-17H2,1-3H3,(H,31,32,33). The van der Waals surface area contributed by atoms with Gasteiger partial charge in [0.1, 0.15) is 10.6 Å². The molecule has 40 heavy (non-hydrogen) atoms. The molecule has 2 aliphatic rings. The highest BCUT2D eigenvalue weighted by Crippen LogP contribution is 2.42. The molecule has 11 heteroatoms. The molecule has 5 aromatic rings. The highest BCUT2D eigenvalue weighted by molar-refractivity contribution is 7.90. The molecule has 0 radical (unpaired) electrons. The number of nitrogens with one attached hydrogen (secondary N) is 1. The van der Waals surface area contributed by atoms with Gasteiger partial charge in [-0.1, -0.05) is 25.1 Å². The predicted octanol–water partition coefficient (Wildman–Crippen LogP) is 4.11. The Morgan fingerprint density at radius 1 is 1.00 bits per heavy atom. The molecule has 10 nitrogen and oxygen atoms in total. The van der Waals surface area contributed by atoms with Crippen LogP contribution in [0.2, 0.25) is 0 Å². The largest absolute Gasteiger partial charge is 0.495 e. The van der Waals surface area contributed by atoms with Gasteiger partial charge in [0.2, 0.25) is 5.95 Å². The Morgan fingerprint density at radius 3 is 2.62 bits per heavy atom. The number of fused-ring (bicyclic) bond motifs is 4. The van der Waals surface area contributed by atoms with Crippen molar-refractivity contribution in [2.45, 2.75) is 23.9 Å². The summed E-state index contributed by atoms with van der Waals surface area (Å²) in [4.78, 5) is 18.3. The molecule has 0 amide bonds. The molecule has 2 fully saturated rings. The van der Waals surface area contributed by atoms with Crippen molar-refractivity contribution in [3.8, 4) is 5.75 Å². The fourth-order valence-corrected chi connectivity index (χ4v) is 7.69. The summed E-state index contributed by atoms with van der Waals surface area (Å²) in [6.45, 7) is 4.34. The number of likely N-dealkylation sites (tertiary alicyclic amines) is 1. The van der Waals surface area contributed by atoms with E-state index in [0.717, 1.165) is 35.6 Å². The summed E-state index contributed by atoms with van der Waals surface area (Å²) in [5, 5.41) is 4.58. The van der Waals surface area contributed by atoms with Gasteiger partial charge in [0, 0.05) is 66.3 Å². The van der Waals surface area contributed by atoms with Crippen molar-refractivity contribution in [3.63, 3.8) is 0 Å². The second-order valence-electron chi connectivity index (χ2n) is 10.5. The van der Waals surface area contributed by atoms with Gasteiger partial charge in [0.25, 0.3) is 10.0 Å². The van der Waals surface area contributed by atoms with Crippen molar-refractivity contribution in [2.75, 3.05) is 37.5 Å². The fourth-order valence-electron chi connectivity index (χ4n) is 6.22. The van der Waals surface area contributed by atoms with Gasteiger partial charge in [-0.2, -0.15) is 4.98 Å². The maximum Gasteiger partial charge on any atom is 0.271 e. The van der Waals surface area contributed by atoms with E-state index in [1.165, 1.54) is 10.2 Å². The molecule has 204 valence electrons. The van der Waals surface area contributed by atoms with Crippen LogP contribution in [-0.2, 0) is 10.0 Å². The Balaban J connectivity index is 1.21. The molecule has 2 bridgehead atoms. The van der Waals surface area contributed by atoms with E-state index in [0.29, 0.717) is 28.9 Å². The molecule has 3 atom stereocenters. The number of para-hydroxylation sites is 1. The SMILES string of the molecule is COc1cc(Nc2ncc3ccn(S(=O)(=O)c4cccc5cccnc45)c3n2)ccc1N1CC2C(C)C1CN2C. The number of anilines is 3. The van der Waals surface area contributed by atoms with Gasteiger partial charge >= 0.3 is 0 Å². The average Bonchev–Trinajstić information content (AvgIpc) is 3.62. The lowest BCUT2D eigenvalue weighted by Crippen LogP contribution is -2.44. The van der Waals surface area contributed by atoms with Crippen LogP contribution >= 0.6 is 0 Å². The van der Waals surface area contributed by atoms with E-state index in [2.05, 4.69) is 50.1 Å². The van der Waals surface area contributed by atoms with Crippen LogP contribution in [0.15, 0.2) is 78.1 Å². The summed E-state index contributed by atoms with van der Waals surface area (Å²) >= 11 is 0. The van der Waals surface area contributed by atoms with Crippen LogP contribution < -0.4 is 15.0 Å². The third-order valence-corrected chi connectivity index (χ3v) is 10.0. The third-order valence-electron chi connectivity index (χ3n) is 8.31. The van der Waals surface area contributed by atoms with Gasteiger partial charge < -0.3 is 15.0 Å². The number of aromatic nitrogens is 4. The van der Waals surface area contributed by atoms with Crippen LogP contribution in [-0.4, -0.2) is 71.6 Å². The number of pyridine rings is 1. The van der Waals surface area contributed by atoms with Crippen LogP contribution in [0.1, 0.15) is 6.92 Å². The summed E-state index contributed by atoms with van der Waals surface area (Å²) < 4.78 is 34.5. The monoisotopic (exact) mass is 555 g/mol. The number of piperazine rings is 1. The number of methoxy groups -OCH3 is 1. The lowest BCUT2D eigenvalue weighted by atomic mass is 10.0. The fraction of sp³-hybridized carbons (Fsp3) is 0.276. The smallest absolute Gasteiger partial charge is 0.271 e. The Morgan fingerprint density at radius 2 is 1.85 bits per heavy atom. The predicted molar refractivity (Wildman–Crippen MR) is 155 cm³/mol. The lowest BCUT2D eigenvalue weighted by Gasteiger charge is -2.34. The summed E-state index contributed by atoms with van der Waals surface area (Å²) in [6, 6.07) is 17.4. The Labute approximate surface area is 232 Å². The number of hydrogen-bond acceptors (Lipinski definition) is 9. The average molecular weight is 556 g/mol. The van der Waals surface area contributed by atoms with Crippen molar-refractivity contribution in [1.82, 2.24) is 23.8 Å². The molecule has 0 spiro atoms. The van der Waals surface area contributed by atoms with Crippen LogP contribution in [0.25, 0.3) is 21.9 Å². The molecular weight excluding hydrogens is 526 g/mol. The Kier molecular flexibility index (Phi) is 5.69. The minimum Gasteiger partial charge on any atom is -0.495 e. The zero-order valence-electron chi connectivity index (χ0n) is 22.4. The second kappa shape index (κ2) is 9.17. The molecule has 3 aromatic heterocycles. The minimum atomic E-state index is -3.97. The first kappa shape index (κ1) is 24.8. The topological polar surface area (TPSA) is 105 Å². The molecule has 7 rings (SSSR count). The quantitative estimate of drug-likeness (QED) is 0.331.